The molecule has 0 aliphatic heterocycles. The molecule has 1 heterocycles. The van der Waals surface area contributed by atoms with Crippen LogP contribution in [0.15, 0.2) is 76.8 Å². The molecule has 0 fully saturated rings. The molecule has 0 bridgehead atoms. The van der Waals surface area contributed by atoms with E-state index in [9.17, 15) is 0 Å². The first-order valence-corrected chi connectivity index (χ1v) is 7.64. The number of nitrogens with one attached hydrogen (secondary N) is 1. The molecule has 0 saturated carbocycles. The van der Waals surface area contributed by atoms with Crippen LogP contribution in [0.3, 0.4) is 0 Å². The van der Waals surface area contributed by atoms with Gasteiger partial charge in [-0.1, -0.05) is 37.5 Å². The Labute approximate surface area is 139 Å². The van der Waals surface area contributed by atoms with Crippen molar-refractivity contribution in [2.45, 2.75) is 27.2 Å². The first kappa shape index (κ1) is 18.5. The predicted octanol–water partition coefficient (Wildman–Crippen LogP) is 5.12. The fourth-order valence-electron chi connectivity index (χ4n) is 2.02. The first-order valence-electron chi connectivity index (χ1n) is 7.64. The quantitative estimate of drug-likeness (QED) is 0.677. The zero-order valence-corrected chi connectivity index (χ0v) is 14.5. The summed E-state index contributed by atoms with van der Waals surface area (Å²) in [5.41, 5.74) is 5.23. The summed E-state index contributed by atoms with van der Waals surface area (Å²) < 4.78 is 5.23. The molecule has 0 aliphatic rings. The summed E-state index contributed by atoms with van der Waals surface area (Å²) in [6.07, 6.45) is 14.3. The molecule has 23 heavy (non-hydrogen) atoms. The van der Waals surface area contributed by atoms with Crippen molar-refractivity contribution >= 4 is 6.08 Å². The normalized spacial score (nSPS) is 13.9. The Bertz CT molecular complexity index is 670. The number of nitrogens with zero attached hydrogens (tertiary/aromatic N) is 1. The molecule has 1 rings (SSSR count). The second-order valence-corrected chi connectivity index (χ2v) is 5.11. The minimum absolute atomic E-state index is 0.754. The maximum absolute atomic E-state index is 5.23. The minimum atomic E-state index is 0.754. The van der Waals surface area contributed by atoms with E-state index in [0.717, 1.165) is 40.3 Å². The fourth-order valence-corrected chi connectivity index (χ4v) is 2.02. The van der Waals surface area contributed by atoms with Crippen molar-refractivity contribution in [3.8, 4) is 0 Å². The van der Waals surface area contributed by atoms with Crippen LogP contribution in [0.2, 0.25) is 0 Å². The van der Waals surface area contributed by atoms with E-state index in [1.165, 1.54) is 6.39 Å². The van der Waals surface area contributed by atoms with E-state index in [2.05, 4.69) is 41.7 Å². The first-order chi connectivity index (χ1) is 11.0. The largest absolute Gasteiger partial charge is 0.448 e. The van der Waals surface area contributed by atoms with Crippen molar-refractivity contribution in [2.75, 3.05) is 7.05 Å². The van der Waals surface area contributed by atoms with E-state index in [1.807, 2.05) is 46.0 Å². The molecule has 3 nitrogen and oxygen atoms in total. The predicted molar refractivity (Wildman–Crippen MR) is 98.9 cm³/mol. The standard InChI is InChI=1S/C20H26N2O/c1-7-17(13-20-16(5)23-14-22-20)10-11-19(12-15(4)21-6)18(8-2)9-3/h7-9,11-14,21H,1-2,10H2,3-6H3/b15-12+,17-13+,18-9-,19-11-. The van der Waals surface area contributed by atoms with E-state index in [-0.39, 0.29) is 0 Å². The van der Waals surface area contributed by atoms with Crippen LogP contribution in [-0.2, 0) is 0 Å². The molecule has 0 unspecified atom stereocenters. The van der Waals surface area contributed by atoms with Crippen LogP contribution in [0.25, 0.3) is 6.08 Å². The van der Waals surface area contributed by atoms with Gasteiger partial charge in [0, 0.05) is 12.7 Å². The van der Waals surface area contributed by atoms with Gasteiger partial charge in [0.1, 0.15) is 11.5 Å². The van der Waals surface area contributed by atoms with E-state index < -0.39 is 0 Å². The lowest BCUT2D eigenvalue weighted by molar-refractivity contribution is 0.526. The molecule has 0 aromatic carbocycles. The second-order valence-electron chi connectivity index (χ2n) is 5.11. The van der Waals surface area contributed by atoms with Crippen LogP contribution in [0.1, 0.15) is 31.7 Å². The summed E-state index contributed by atoms with van der Waals surface area (Å²) in [6.45, 7) is 13.7. The van der Waals surface area contributed by atoms with Crippen LogP contribution >= 0.6 is 0 Å². The van der Waals surface area contributed by atoms with Crippen LogP contribution < -0.4 is 5.32 Å². The van der Waals surface area contributed by atoms with Gasteiger partial charge < -0.3 is 9.73 Å². The van der Waals surface area contributed by atoms with Crippen LogP contribution in [0.4, 0.5) is 0 Å². The highest BCUT2D eigenvalue weighted by Gasteiger charge is 2.02. The molecule has 1 aromatic heterocycles. The fraction of sp³-hybridized carbons (Fsp3) is 0.250. The van der Waals surface area contributed by atoms with Gasteiger partial charge in [0.15, 0.2) is 6.39 Å². The summed E-state index contributed by atoms with van der Waals surface area (Å²) in [6, 6.07) is 0. The summed E-state index contributed by atoms with van der Waals surface area (Å²) >= 11 is 0. The average molecular weight is 310 g/mol. The Hall–Kier alpha value is -2.55. The molecular weight excluding hydrogens is 284 g/mol. The van der Waals surface area contributed by atoms with Gasteiger partial charge in [-0.25, -0.2) is 4.98 Å². The number of aromatic nitrogens is 1. The second kappa shape index (κ2) is 9.46. The molecular formula is C20H26N2O. The zero-order chi connectivity index (χ0) is 17.2. The lowest BCUT2D eigenvalue weighted by Gasteiger charge is -2.07. The third-order valence-corrected chi connectivity index (χ3v) is 3.55. The molecule has 1 aromatic rings. The molecule has 1 N–H and O–H groups in total. The smallest absolute Gasteiger partial charge is 0.181 e. The number of hydrogen-bond acceptors (Lipinski definition) is 3. The van der Waals surface area contributed by atoms with Crippen molar-refractivity contribution in [3.05, 3.63) is 83.8 Å². The lowest BCUT2D eigenvalue weighted by atomic mass is 10.0. The molecule has 0 saturated heterocycles. The zero-order valence-electron chi connectivity index (χ0n) is 14.5. The third kappa shape index (κ3) is 5.62. The highest BCUT2D eigenvalue weighted by molar-refractivity contribution is 5.55. The highest BCUT2D eigenvalue weighted by atomic mass is 16.3. The summed E-state index contributed by atoms with van der Waals surface area (Å²) in [7, 11) is 1.91. The third-order valence-electron chi connectivity index (χ3n) is 3.55. The van der Waals surface area contributed by atoms with Crippen LogP contribution in [0, 0.1) is 6.92 Å². The van der Waals surface area contributed by atoms with Crippen molar-refractivity contribution in [3.63, 3.8) is 0 Å². The van der Waals surface area contributed by atoms with Gasteiger partial charge in [-0.2, -0.15) is 0 Å². The molecule has 0 atom stereocenters. The number of rotatable bonds is 8. The average Bonchev–Trinajstić information content (AvgIpc) is 2.96. The Morgan fingerprint density at radius 1 is 1.30 bits per heavy atom. The van der Waals surface area contributed by atoms with Gasteiger partial charge in [-0.05, 0) is 56.1 Å². The Morgan fingerprint density at radius 2 is 2.04 bits per heavy atom. The van der Waals surface area contributed by atoms with E-state index in [0.29, 0.717) is 0 Å². The monoisotopic (exact) mass is 310 g/mol. The van der Waals surface area contributed by atoms with Gasteiger partial charge in [0.2, 0.25) is 0 Å². The topological polar surface area (TPSA) is 38.1 Å². The summed E-state index contributed by atoms with van der Waals surface area (Å²) in [5.74, 6) is 0.805. The number of hydrogen-bond donors (Lipinski definition) is 1. The van der Waals surface area contributed by atoms with Gasteiger partial charge in [-0.3, -0.25) is 0 Å². The Kier molecular flexibility index (Phi) is 7.61. The molecule has 0 radical (unpaired) electrons. The molecule has 0 amide bonds. The minimum Gasteiger partial charge on any atom is -0.448 e. The van der Waals surface area contributed by atoms with Gasteiger partial charge >= 0.3 is 0 Å². The summed E-state index contributed by atoms with van der Waals surface area (Å²) in [4.78, 5) is 4.20. The maximum atomic E-state index is 5.23. The van der Waals surface area contributed by atoms with Crippen molar-refractivity contribution < 1.29 is 4.42 Å². The van der Waals surface area contributed by atoms with E-state index >= 15 is 0 Å². The van der Waals surface area contributed by atoms with Crippen LogP contribution in [-0.4, -0.2) is 12.0 Å². The SMILES string of the molecule is C=C/C(=C\c1ncoc1C)C/C=C(/C=C(\C)NC)C(\C=C)=C/C. The molecule has 122 valence electrons. The van der Waals surface area contributed by atoms with Crippen molar-refractivity contribution in [1.29, 1.82) is 0 Å². The molecule has 0 aliphatic carbocycles. The van der Waals surface area contributed by atoms with Gasteiger partial charge in [0.05, 0.1) is 0 Å². The van der Waals surface area contributed by atoms with Gasteiger partial charge in [-0.15, -0.1) is 0 Å². The number of aryl methyl sites for hydroxylation is 1. The van der Waals surface area contributed by atoms with E-state index in [4.69, 9.17) is 4.42 Å². The Balaban J connectivity index is 3.11. The summed E-state index contributed by atoms with van der Waals surface area (Å²) in [5, 5.41) is 3.15. The Morgan fingerprint density at radius 3 is 2.52 bits per heavy atom. The van der Waals surface area contributed by atoms with Crippen LogP contribution in [0.5, 0.6) is 0 Å². The van der Waals surface area contributed by atoms with Crippen molar-refractivity contribution in [1.82, 2.24) is 10.3 Å². The lowest BCUT2D eigenvalue weighted by Crippen LogP contribution is -2.02. The van der Waals surface area contributed by atoms with Crippen molar-refractivity contribution in [2.24, 2.45) is 0 Å². The maximum Gasteiger partial charge on any atom is 0.181 e. The van der Waals surface area contributed by atoms with Gasteiger partial charge in [0.25, 0.3) is 0 Å². The number of allylic oxidation sites excluding steroid dienone is 9. The van der Waals surface area contributed by atoms with E-state index in [1.54, 1.807) is 0 Å². The number of oxazole rings is 1. The molecule has 0 spiro atoms. The highest BCUT2D eigenvalue weighted by Crippen LogP contribution is 2.19. The molecule has 3 heteroatoms.